The summed E-state index contributed by atoms with van der Waals surface area (Å²) in [6.07, 6.45) is 1.45. The van der Waals surface area contributed by atoms with Crippen molar-refractivity contribution in [2.45, 2.75) is 26.2 Å². The van der Waals surface area contributed by atoms with Crippen LogP contribution in [0.25, 0.3) is 21.6 Å². The number of hydrogen-bond acceptors (Lipinski definition) is 8. The number of nitrogens with one attached hydrogen (secondary N) is 1. The Hall–Kier alpha value is -3.46. The Kier molecular flexibility index (Phi) is 6.42. The number of aromatic nitrogens is 3. The molecule has 160 valence electrons. The molecule has 0 aliphatic heterocycles. The molecule has 9 heteroatoms. The molecule has 4 aromatic rings. The number of amides is 1. The molecular weight excluding hydrogens is 416 g/mol. The molecule has 8 nitrogen and oxygen atoms in total. The maximum absolute atomic E-state index is 12.3. The summed E-state index contributed by atoms with van der Waals surface area (Å²) in [6.45, 7) is 2.55. The first-order valence-electron chi connectivity index (χ1n) is 9.95. The molecular formula is C22H22N4O4S. The van der Waals surface area contributed by atoms with Crippen molar-refractivity contribution in [2.24, 2.45) is 0 Å². The van der Waals surface area contributed by atoms with E-state index in [1.807, 2.05) is 49.4 Å². The standard InChI is InChI=1S/C22H22N4O4S/c1-3-29-16-11-12-17-18(13-16)31-22(23-17)24-19(27)5-4-6-20-25-21(26-30-20)14-7-9-15(28-2)10-8-14/h7-13H,3-6H2,1-2H3,(H,23,24,27). The monoisotopic (exact) mass is 438 g/mol. The maximum Gasteiger partial charge on any atom is 0.226 e. The van der Waals surface area contributed by atoms with E-state index < -0.39 is 0 Å². The Morgan fingerprint density at radius 1 is 1.13 bits per heavy atom. The highest BCUT2D eigenvalue weighted by molar-refractivity contribution is 7.22. The normalized spacial score (nSPS) is 10.9. The number of thiazole rings is 1. The molecule has 1 N–H and O–H groups in total. The molecule has 1 amide bonds. The third-order valence-electron chi connectivity index (χ3n) is 4.53. The van der Waals surface area contributed by atoms with Crippen molar-refractivity contribution in [3.05, 3.63) is 48.4 Å². The molecule has 0 saturated carbocycles. The Morgan fingerprint density at radius 2 is 1.94 bits per heavy atom. The smallest absolute Gasteiger partial charge is 0.226 e. The van der Waals surface area contributed by atoms with Gasteiger partial charge in [0.15, 0.2) is 5.13 Å². The number of rotatable bonds is 9. The van der Waals surface area contributed by atoms with Gasteiger partial charge in [0.2, 0.25) is 17.6 Å². The van der Waals surface area contributed by atoms with Gasteiger partial charge in [-0.3, -0.25) is 4.79 Å². The van der Waals surface area contributed by atoms with Crippen LogP contribution in [0.1, 0.15) is 25.7 Å². The molecule has 0 aliphatic carbocycles. The molecule has 0 unspecified atom stereocenters. The van der Waals surface area contributed by atoms with E-state index in [1.165, 1.54) is 11.3 Å². The second-order valence-corrected chi connectivity index (χ2v) is 7.75. The lowest BCUT2D eigenvalue weighted by Gasteiger charge is -2.00. The van der Waals surface area contributed by atoms with E-state index in [1.54, 1.807) is 7.11 Å². The van der Waals surface area contributed by atoms with Crippen LogP contribution in [0.4, 0.5) is 5.13 Å². The predicted molar refractivity (Wildman–Crippen MR) is 119 cm³/mol. The second-order valence-electron chi connectivity index (χ2n) is 6.72. The van der Waals surface area contributed by atoms with Gasteiger partial charge in [-0.15, -0.1) is 0 Å². The fourth-order valence-corrected chi connectivity index (χ4v) is 3.92. The van der Waals surface area contributed by atoms with Crippen LogP contribution < -0.4 is 14.8 Å². The summed E-state index contributed by atoms with van der Waals surface area (Å²) in [4.78, 5) is 21.1. The Balaban J connectivity index is 1.28. The third kappa shape index (κ3) is 5.18. The van der Waals surface area contributed by atoms with Crippen LogP contribution in [-0.2, 0) is 11.2 Å². The van der Waals surface area contributed by atoms with Crippen molar-refractivity contribution in [2.75, 3.05) is 19.0 Å². The number of anilines is 1. The minimum Gasteiger partial charge on any atom is -0.497 e. The largest absolute Gasteiger partial charge is 0.497 e. The molecule has 2 aromatic heterocycles. The average Bonchev–Trinajstić information content (AvgIpc) is 3.40. The number of nitrogens with zero attached hydrogens (tertiary/aromatic N) is 3. The van der Waals surface area contributed by atoms with Crippen molar-refractivity contribution in [1.29, 1.82) is 0 Å². The quantitative estimate of drug-likeness (QED) is 0.404. The van der Waals surface area contributed by atoms with E-state index in [0.717, 1.165) is 27.3 Å². The van der Waals surface area contributed by atoms with Crippen molar-refractivity contribution in [3.8, 4) is 22.9 Å². The zero-order valence-corrected chi connectivity index (χ0v) is 18.1. The van der Waals surface area contributed by atoms with E-state index in [0.29, 0.717) is 42.7 Å². The molecule has 0 radical (unpaired) electrons. The van der Waals surface area contributed by atoms with Gasteiger partial charge >= 0.3 is 0 Å². The highest BCUT2D eigenvalue weighted by Gasteiger charge is 2.12. The molecule has 0 fully saturated rings. The topological polar surface area (TPSA) is 99.4 Å². The zero-order chi connectivity index (χ0) is 21.6. The summed E-state index contributed by atoms with van der Waals surface area (Å²) in [7, 11) is 1.62. The third-order valence-corrected chi connectivity index (χ3v) is 5.46. The molecule has 31 heavy (non-hydrogen) atoms. The number of benzene rings is 2. The molecule has 2 heterocycles. The molecule has 0 atom stereocenters. The number of carbonyl (C=O) groups excluding carboxylic acids is 1. The molecule has 0 spiro atoms. The van der Waals surface area contributed by atoms with Gasteiger partial charge in [0, 0.05) is 18.4 Å². The minimum absolute atomic E-state index is 0.0982. The first-order valence-corrected chi connectivity index (χ1v) is 10.8. The van der Waals surface area contributed by atoms with Crippen molar-refractivity contribution >= 4 is 32.6 Å². The van der Waals surface area contributed by atoms with Crippen LogP contribution in [-0.4, -0.2) is 34.7 Å². The summed E-state index contributed by atoms with van der Waals surface area (Å²) in [5.74, 6) is 2.48. The van der Waals surface area contributed by atoms with E-state index in [2.05, 4.69) is 20.4 Å². The molecule has 4 rings (SSSR count). The fourth-order valence-electron chi connectivity index (χ4n) is 3.01. The second kappa shape index (κ2) is 9.57. The Morgan fingerprint density at radius 3 is 2.71 bits per heavy atom. The van der Waals surface area contributed by atoms with E-state index >= 15 is 0 Å². The summed E-state index contributed by atoms with van der Waals surface area (Å²) >= 11 is 1.43. The highest BCUT2D eigenvalue weighted by atomic mass is 32.1. The number of ether oxygens (including phenoxy) is 2. The first kappa shape index (κ1) is 20.8. The molecule has 0 aliphatic rings. The van der Waals surface area contributed by atoms with Gasteiger partial charge in [-0.05, 0) is 55.8 Å². The van der Waals surface area contributed by atoms with Gasteiger partial charge < -0.3 is 19.3 Å². The minimum atomic E-state index is -0.0982. The zero-order valence-electron chi connectivity index (χ0n) is 17.3. The Bertz CT molecular complexity index is 1170. The van der Waals surface area contributed by atoms with Gasteiger partial charge in [-0.1, -0.05) is 16.5 Å². The van der Waals surface area contributed by atoms with Crippen LogP contribution in [0.2, 0.25) is 0 Å². The lowest BCUT2D eigenvalue weighted by atomic mass is 10.2. The number of carbonyl (C=O) groups is 1. The summed E-state index contributed by atoms with van der Waals surface area (Å²) in [6, 6.07) is 13.1. The van der Waals surface area contributed by atoms with Gasteiger partial charge in [-0.2, -0.15) is 4.98 Å². The Labute approximate surface area is 183 Å². The number of methoxy groups -OCH3 is 1. The van der Waals surface area contributed by atoms with Crippen LogP contribution >= 0.6 is 11.3 Å². The average molecular weight is 439 g/mol. The summed E-state index contributed by atoms with van der Waals surface area (Å²) in [5, 5.41) is 7.44. The highest BCUT2D eigenvalue weighted by Crippen LogP contribution is 2.29. The van der Waals surface area contributed by atoms with Crippen LogP contribution in [0, 0.1) is 0 Å². The van der Waals surface area contributed by atoms with Crippen LogP contribution in [0.3, 0.4) is 0 Å². The lowest BCUT2D eigenvalue weighted by molar-refractivity contribution is -0.116. The lowest BCUT2D eigenvalue weighted by Crippen LogP contribution is -2.11. The SMILES string of the molecule is CCOc1ccc2nc(NC(=O)CCCc3nc(-c4ccc(OC)cc4)no3)sc2c1. The fraction of sp³-hybridized carbons (Fsp3) is 0.273. The van der Waals surface area contributed by atoms with E-state index in [9.17, 15) is 4.79 Å². The van der Waals surface area contributed by atoms with Gasteiger partial charge in [0.1, 0.15) is 11.5 Å². The van der Waals surface area contributed by atoms with Gasteiger partial charge in [0.05, 0.1) is 23.9 Å². The van der Waals surface area contributed by atoms with Crippen LogP contribution in [0.15, 0.2) is 47.0 Å². The van der Waals surface area contributed by atoms with Crippen molar-refractivity contribution in [1.82, 2.24) is 15.1 Å². The molecule has 2 aromatic carbocycles. The molecule has 0 saturated heterocycles. The molecule has 0 bridgehead atoms. The number of aryl methyl sites for hydroxylation is 1. The van der Waals surface area contributed by atoms with E-state index in [-0.39, 0.29) is 5.91 Å². The van der Waals surface area contributed by atoms with E-state index in [4.69, 9.17) is 14.0 Å². The first-order chi connectivity index (χ1) is 15.1. The summed E-state index contributed by atoms with van der Waals surface area (Å²) in [5.41, 5.74) is 1.68. The summed E-state index contributed by atoms with van der Waals surface area (Å²) < 4.78 is 16.9. The maximum atomic E-state index is 12.3. The van der Waals surface area contributed by atoms with Gasteiger partial charge in [-0.25, -0.2) is 4.98 Å². The van der Waals surface area contributed by atoms with Crippen molar-refractivity contribution < 1.29 is 18.8 Å². The number of fused-ring (bicyclic) bond motifs is 1. The van der Waals surface area contributed by atoms with Crippen LogP contribution in [0.5, 0.6) is 11.5 Å². The number of hydrogen-bond donors (Lipinski definition) is 1. The van der Waals surface area contributed by atoms with Gasteiger partial charge in [0.25, 0.3) is 0 Å². The van der Waals surface area contributed by atoms with Crippen molar-refractivity contribution in [3.63, 3.8) is 0 Å². The predicted octanol–water partition coefficient (Wildman–Crippen LogP) is 4.72.